The number of hydrogen-bond acceptors (Lipinski definition) is 4. The van der Waals surface area contributed by atoms with Crippen LogP contribution >= 0.6 is 11.8 Å². The number of carbonyl (C=O) groups excluding carboxylic acids is 1. The monoisotopic (exact) mass is 306 g/mol. The average Bonchev–Trinajstić information content (AvgIpc) is 2.93. The molecule has 0 aliphatic carbocycles. The molecule has 1 N–H and O–H groups in total. The number of hydrogen-bond donors (Lipinski definition) is 1. The third-order valence-electron chi connectivity index (χ3n) is 2.70. The summed E-state index contributed by atoms with van der Waals surface area (Å²) in [5, 5.41) is 10.5. The van der Waals surface area contributed by atoms with Crippen LogP contribution in [0, 0.1) is 5.82 Å². The minimum atomic E-state index is -0.375. The van der Waals surface area contributed by atoms with E-state index in [1.807, 2.05) is 0 Å². The number of nitrogens with zero attached hydrogens (tertiary/aromatic N) is 3. The van der Waals surface area contributed by atoms with Gasteiger partial charge in [-0.1, -0.05) is 30.0 Å². The number of halogens is 1. The molecule has 0 radical (unpaired) electrons. The fourth-order valence-electron chi connectivity index (χ4n) is 1.65. The molecule has 0 saturated carbocycles. The highest BCUT2D eigenvalue weighted by Crippen LogP contribution is 2.24. The van der Waals surface area contributed by atoms with Gasteiger partial charge in [-0.3, -0.25) is 9.36 Å². The van der Waals surface area contributed by atoms with Gasteiger partial charge in [-0.25, -0.2) is 4.39 Å². The maximum Gasteiger partial charge on any atom is 0.233 e. The second kappa shape index (κ2) is 7.03. The topological polar surface area (TPSA) is 59.8 Å². The van der Waals surface area contributed by atoms with Crippen molar-refractivity contribution in [1.29, 1.82) is 0 Å². The molecule has 1 amide bonds. The molecule has 0 aliphatic rings. The minimum Gasteiger partial charge on any atom is -0.352 e. The smallest absolute Gasteiger partial charge is 0.233 e. The summed E-state index contributed by atoms with van der Waals surface area (Å²) in [7, 11) is 0. The molecule has 1 heterocycles. The van der Waals surface area contributed by atoms with Crippen molar-refractivity contribution >= 4 is 17.7 Å². The lowest BCUT2D eigenvalue weighted by Crippen LogP contribution is -2.31. The molecular weight excluding hydrogens is 291 g/mol. The van der Waals surface area contributed by atoms with Gasteiger partial charge in [0.1, 0.15) is 12.1 Å². The van der Waals surface area contributed by atoms with E-state index in [0.29, 0.717) is 17.4 Å². The van der Waals surface area contributed by atoms with Crippen LogP contribution in [-0.2, 0) is 4.79 Å². The Morgan fingerprint density at radius 1 is 1.57 bits per heavy atom. The highest BCUT2D eigenvalue weighted by molar-refractivity contribution is 8.00. The number of benzene rings is 1. The van der Waals surface area contributed by atoms with Crippen LogP contribution in [-0.4, -0.2) is 32.5 Å². The molecule has 1 aromatic carbocycles. The Balaban J connectivity index is 2.16. The van der Waals surface area contributed by atoms with Crippen LogP contribution in [0.2, 0.25) is 0 Å². The highest BCUT2D eigenvalue weighted by Gasteiger charge is 2.18. The minimum absolute atomic E-state index is 0.136. The molecule has 1 atom stereocenters. The number of amides is 1. The van der Waals surface area contributed by atoms with Gasteiger partial charge in [0.05, 0.1) is 10.9 Å². The van der Waals surface area contributed by atoms with Crippen LogP contribution in [0.4, 0.5) is 4.39 Å². The van der Waals surface area contributed by atoms with Crippen LogP contribution in [0.3, 0.4) is 0 Å². The normalized spacial score (nSPS) is 11.9. The van der Waals surface area contributed by atoms with Gasteiger partial charge >= 0.3 is 0 Å². The summed E-state index contributed by atoms with van der Waals surface area (Å²) < 4.78 is 15.3. The predicted octanol–water partition coefficient (Wildman–Crippen LogP) is 2.19. The summed E-state index contributed by atoms with van der Waals surface area (Å²) in [6.45, 7) is 5.70. The van der Waals surface area contributed by atoms with Gasteiger partial charge in [-0.05, 0) is 19.1 Å². The van der Waals surface area contributed by atoms with E-state index in [-0.39, 0.29) is 17.0 Å². The SMILES string of the molecule is C=CCNC(=O)[C@H](C)Sc1nncn1-c1ccccc1F. The maximum absolute atomic E-state index is 13.8. The van der Waals surface area contributed by atoms with Crippen LogP contribution in [0.25, 0.3) is 5.69 Å². The van der Waals surface area contributed by atoms with Gasteiger partial charge < -0.3 is 5.32 Å². The number of rotatable bonds is 6. The fourth-order valence-corrected chi connectivity index (χ4v) is 2.51. The molecule has 0 fully saturated rings. The first-order valence-corrected chi connectivity index (χ1v) is 7.21. The standard InChI is InChI=1S/C14H15FN4OS/c1-3-8-16-13(20)10(2)21-14-18-17-9-19(14)12-7-5-4-6-11(12)15/h3-7,9-10H,1,8H2,2H3,(H,16,20)/t10-/m0/s1. The molecule has 5 nitrogen and oxygen atoms in total. The first-order valence-electron chi connectivity index (χ1n) is 6.33. The van der Waals surface area contributed by atoms with E-state index >= 15 is 0 Å². The third kappa shape index (κ3) is 3.69. The van der Waals surface area contributed by atoms with Gasteiger partial charge in [-0.2, -0.15) is 0 Å². The van der Waals surface area contributed by atoms with Crippen molar-refractivity contribution in [3.8, 4) is 5.69 Å². The zero-order valence-corrected chi connectivity index (χ0v) is 12.3. The first kappa shape index (κ1) is 15.2. The molecule has 0 spiro atoms. The van der Waals surface area contributed by atoms with Gasteiger partial charge in [-0.15, -0.1) is 16.8 Å². The molecule has 0 saturated heterocycles. The van der Waals surface area contributed by atoms with Crippen LogP contribution < -0.4 is 5.32 Å². The maximum atomic E-state index is 13.8. The van der Waals surface area contributed by atoms with Crippen LogP contribution in [0.5, 0.6) is 0 Å². The van der Waals surface area contributed by atoms with E-state index in [1.165, 1.54) is 28.7 Å². The zero-order valence-electron chi connectivity index (χ0n) is 11.5. The summed E-state index contributed by atoms with van der Waals surface area (Å²) in [5.41, 5.74) is 0.351. The van der Waals surface area contributed by atoms with E-state index in [9.17, 15) is 9.18 Å². The molecule has 21 heavy (non-hydrogen) atoms. The molecule has 7 heteroatoms. The van der Waals surface area contributed by atoms with E-state index in [2.05, 4.69) is 22.1 Å². The van der Waals surface area contributed by atoms with Crippen LogP contribution in [0.15, 0.2) is 48.4 Å². The first-order chi connectivity index (χ1) is 10.1. The van der Waals surface area contributed by atoms with Crippen molar-refractivity contribution in [2.24, 2.45) is 0 Å². The van der Waals surface area contributed by atoms with E-state index in [4.69, 9.17) is 0 Å². The Bertz CT molecular complexity index is 643. The molecule has 0 bridgehead atoms. The van der Waals surface area contributed by atoms with Gasteiger partial charge in [0.25, 0.3) is 0 Å². The second-order valence-corrected chi connectivity index (χ2v) is 5.54. The molecule has 110 valence electrons. The lowest BCUT2D eigenvalue weighted by atomic mass is 10.3. The average molecular weight is 306 g/mol. The van der Waals surface area contributed by atoms with Gasteiger partial charge in [0, 0.05) is 6.54 Å². The molecule has 2 aromatic rings. The Morgan fingerprint density at radius 2 is 2.33 bits per heavy atom. The van der Waals surface area contributed by atoms with Gasteiger partial charge in [0.2, 0.25) is 5.91 Å². The lowest BCUT2D eigenvalue weighted by Gasteiger charge is -2.11. The Hall–Kier alpha value is -2.15. The molecule has 0 unspecified atom stereocenters. The Labute approximate surface area is 126 Å². The summed E-state index contributed by atoms with van der Waals surface area (Å²) in [4.78, 5) is 11.8. The van der Waals surface area contributed by atoms with Crippen molar-refractivity contribution in [3.63, 3.8) is 0 Å². The second-order valence-electron chi connectivity index (χ2n) is 4.23. The predicted molar refractivity (Wildman–Crippen MR) is 79.8 cm³/mol. The van der Waals surface area contributed by atoms with Gasteiger partial charge in [0.15, 0.2) is 5.16 Å². The molecule has 0 aliphatic heterocycles. The number of para-hydroxylation sites is 1. The van der Waals surface area contributed by atoms with Crippen molar-refractivity contribution in [3.05, 3.63) is 49.1 Å². The summed E-state index contributed by atoms with van der Waals surface area (Å²) in [6.07, 6.45) is 3.03. The third-order valence-corrected chi connectivity index (χ3v) is 3.76. The molecule has 1 aromatic heterocycles. The van der Waals surface area contributed by atoms with E-state index in [1.54, 1.807) is 31.2 Å². The molecular formula is C14H15FN4OS. The Morgan fingerprint density at radius 3 is 3.05 bits per heavy atom. The van der Waals surface area contributed by atoms with Crippen molar-refractivity contribution < 1.29 is 9.18 Å². The summed E-state index contributed by atoms with van der Waals surface area (Å²) in [6, 6.07) is 6.34. The lowest BCUT2D eigenvalue weighted by molar-refractivity contribution is -0.120. The van der Waals surface area contributed by atoms with E-state index < -0.39 is 0 Å². The number of nitrogens with one attached hydrogen (secondary N) is 1. The molecule has 2 rings (SSSR count). The summed E-state index contributed by atoms with van der Waals surface area (Å²) >= 11 is 1.22. The number of thioether (sulfide) groups is 1. The summed E-state index contributed by atoms with van der Waals surface area (Å²) in [5.74, 6) is -0.508. The zero-order chi connectivity index (χ0) is 15.2. The van der Waals surface area contributed by atoms with E-state index in [0.717, 1.165) is 0 Å². The Kier molecular flexibility index (Phi) is 5.10. The number of carbonyl (C=O) groups is 1. The van der Waals surface area contributed by atoms with Crippen molar-refractivity contribution in [1.82, 2.24) is 20.1 Å². The van der Waals surface area contributed by atoms with Crippen molar-refractivity contribution in [2.75, 3.05) is 6.54 Å². The fraction of sp³-hybridized carbons (Fsp3) is 0.214. The largest absolute Gasteiger partial charge is 0.352 e. The highest BCUT2D eigenvalue weighted by atomic mass is 32.2. The quantitative estimate of drug-likeness (QED) is 0.656. The van der Waals surface area contributed by atoms with Crippen LogP contribution in [0.1, 0.15) is 6.92 Å². The number of aromatic nitrogens is 3. The van der Waals surface area contributed by atoms with Crippen molar-refractivity contribution in [2.45, 2.75) is 17.3 Å².